The van der Waals surface area contributed by atoms with E-state index in [0.717, 1.165) is 19.3 Å². The quantitative estimate of drug-likeness (QED) is 0.600. The first-order valence-corrected chi connectivity index (χ1v) is 3.97. The highest BCUT2D eigenvalue weighted by atomic mass is 16.5. The normalized spacial score (nSPS) is 29.6. The molecule has 0 aliphatic carbocycles. The SMILES string of the molecule is CC#CCCC1(O)CCOC1. The molecule has 62 valence electrons. The van der Waals surface area contributed by atoms with Gasteiger partial charge in [0.15, 0.2) is 0 Å². The summed E-state index contributed by atoms with van der Waals surface area (Å²) in [5.74, 6) is 5.74. The highest BCUT2D eigenvalue weighted by molar-refractivity contribution is 4.97. The van der Waals surface area contributed by atoms with Crippen molar-refractivity contribution in [1.29, 1.82) is 0 Å². The van der Waals surface area contributed by atoms with E-state index in [4.69, 9.17) is 4.74 Å². The average molecular weight is 154 g/mol. The summed E-state index contributed by atoms with van der Waals surface area (Å²) in [4.78, 5) is 0. The van der Waals surface area contributed by atoms with Crippen molar-refractivity contribution < 1.29 is 9.84 Å². The van der Waals surface area contributed by atoms with E-state index in [1.807, 2.05) is 6.92 Å². The van der Waals surface area contributed by atoms with Crippen LogP contribution in [0.4, 0.5) is 0 Å². The van der Waals surface area contributed by atoms with E-state index in [2.05, 4.69) is 11.8 Å². The Bertz CT molecular complexity index is 170. The minimum atomic E-state index is -0.580. The van der Waals surface area contributed by atoms with Gasteiger partial charge in [-0.25, -0.2) is 0 Å². The third-order valence-electron chi connectivity index (χ3n) is 1.97. The first kappa shape index (κ1) is 8.58. The largest absolute Gasteiger partial charge is 0.387 e. The van der Waals surface area contributed by atoms with Gasteiger partial charge < -0.3 is 9.84 Å². The van der Waals surface area contributed by atoms with Gasteiger partial charge in [0.25, 0.3) is 0 Å². The van der Waals surface area contributed by atoms with Crippen molar-refractivity contribution in [1.82, 2.24) is 0 Å². The molecule has 1 N–H and O–H groups in total. The van der Waals surface area contributed by atoms with Crippen molar-refractivity contribution >= 4 is 0 Å². The van der Waals surface area contributed by atoms with Crippen LogP contribution in [0.1, 0.15) is 26.2 Å². The van der Waals surface area contributed by atoms with Crippen molar-refractivity contribution in [3.8, 4) is 11.8 Å². The minimum absolute atomic E-state index is 0.485. The van der Waals surface area contributed by atoms with Crippen LogP contribution in [0.25, 0.3) is 0 Å². The van der Waals surface area contributed by atoms with Gasteiger partial charge in [-0.15, -0.1) is 11.8 Å². The van der Waals surface area contributed by atoms with Crippen LogP contribution >= 0.6 is 0 Å². The molecule has 1 unspecified atom stereocenters. The molecule has 1 aliphatic rings. The Kier molecular flexibility index (Phi) is 2.92. The third-order valence-corrected chi connectivity index (χ3v) is 1.97. The summed E-state index contributed by atoms with van der Waals surface area (Å²) in [5, 5.41) is 9.73. The maximum absolute atomic E-state index is 9.73. The molecular weight excluding hydrogens is 140 g/mol. The molecule has 11 heavy (non-hydrogen) atoms. The fraction of sp³-hybridized carbons (Fsp3) is 0.778. The molecule has 0 bridgehead atoms. The lowest BCUT2D eigenvalue weighted by Gasteiger charge is -2.17. The number of ether oxygens (including phenoxy) is 1. The fourth-order valence-corrected chi connectivity index (χ4v) is 1.21. The van der Waals surface area contributed by atoms with Crippen LogP contribution in [0.5, 0.6) is 0 Å². The van der Waals surface area contributed by atoms with Gasteiger partial charge >= 0.3 is 0 Å². The molecular formula is C9H14O2. The second-order valence-electron chi connectivity index (χ2n) is 2.95. The maximum atomic E-state index is 9.73. The van der Waals surface area contributed by atoms with E-state index in [1.54, 1.807) is 0 Å². The van der Waals surface area contributed by atoms with Gasteiger partial charge in [-0.1, -0.05) is 0 Å². The van der Waals surface area contributed by atoms with Crippen molar-refractivity contribution in [3.63, 3.8) is 0 Å². The van der Waals surface area contributed by atoms with Crippen LogP contribution in [-0.2, 0) is 4.74 Å². The third kappa shape index (κ3) is 2.53. The van der Waals surface area contributed by atoms with Crippen LogP contribution < -0.4 is 0 Å². The summed E-state index contributed by atoms with van der Waals surface area (Å²) in [5.41, 5.74) is -0.580. The standard InChI is InChI=1S/C9H14O2/c1-2-3-4-5-9(10)6-7-11-8-9/h10H,4-8H2,1H3. The van der Waals surface area contributed by atoms with Crippen molar-refractivity contribution in [2.45, 2.75) is 31.8 Å². The Morgan fingerprint density at radius 3 is 3.00 bits per heavy atom. The molecule has 0 saturated carbocycles. The lowest BCUT2D eigenvalue weighted by Crippen LogP contribution is -2.28. The zero-order valence-electron chi connectivity index (χ0n) is 6.89. The van der Waals surface area contributed by atoms with E-state index in [-0.39, 0.29) is 0 Å². The zero-order valence-corrected chi connectivity index (χ0v) is 6.89. The van der Waals surface area contributed by atoms with Crippen LogP contribution in [-0.4, -0.2) is 23.9 Å². The Balaban J connectivity index is 2.26. The molecule has 1 fully saturated rings. The first-order valence-electron chi connectivity index (χ1n) is 3.97. The van der Waals surface area contributed by atoms with E-state index >= 15 is 0 Å². The molecule has 1 aliphatic heterocycles. The molecule has 0 aromatic rings. The summed E-state index contributed by atoms with van der Waals surface area (Å²) < 4.78 is 5.09. The van der Waals surface area contributed by atoms with Crippen LogP contribution in [0.15, 0.2) is 0 Å². The van der Waals surface area contributed by atoms with Crippen molar-refractivity contribution in [2.75, 3.05) is 13.2 Å². The summed E-state index contributed by atoms with van der Waals surface area (Å²) in [6.07, 6.45) is 2.28. The number of rotatable bonds is 2. The van der Waals surface area contributed by atoms with Gasteiger partial charge in [0, 0.05) is 19.4 Å². The molecule has 2 nitrogen and oxygen atoms in total. The highest BCUT2D eigenvalue weighted by Gasteiger charge is 2.30. The van der Waals surface area contributed by atoms with Gasteiger partial charge in [0.05, 0.1) is 12.2 Å². The highest BCUT2D eigenvalue weighted by Crippen LogP contribution is 2.23. The number of aliphatic hydroxyl groups is 1. The van der Waals surface area contributed by atoms with Crippen LogP contribution in [0, 0.1) is 11.8 Å². The zero-order chi connectivity index (χ0) is 8.16. The second kappa shape index (κ2) is 3.75. The summed E-state index contributed by atoms with van der Waals surface area (Å²) in [7, 11) is 0. The maximum Gasteiger partial charge on any atom is 0.0911 e. The molecule has 0 amide bonds. The molecule has 0 spiro atoms. The van der Waals surface area contributed by atoms with E-state index in [0.29, 0.717) is 13.2 Å². The molecule has 0 aromatic heterocycles. The molecule has 0 radical (unpaired) electrons. The van der Waals surface area contributed by atoms with Gasteiger partial charge in [-0.3, -0.25) is 0 Å². The van der Waals surface area contributed by atoms with Gasteiger partial charge in [-0.05, 0) is 13.3 Å². The monoisotopic (exact) mass is 154 g/mol. The fourth-order valence-electron chi connectivity index (χ4n) is 1.21. The Hall–Kier alpha value is -0.520. The molecule has 2 heteroatoms. The summed E-state index contributed by atoms with van der Waals surface area (Å²) in [6.45, 7) is 2.99. The molecule has 0 aromatic carbocycles. The molecule has 1 saturated heterocycles. The van der Waals surface area contributed by atoms with E-state index in [9.17, 15) is 5.11 Å². The lowest BCUT2D eigenvalue weighted by atomic mass is 9.97. The lowest BCUT2D eigenvalue weighted by molar-refractivity contribution is 0.0206. The Morgan fingerprint density at radius 1 is 1.64 bits per heavy atom. The van der Waals surface area contributed by atoms with Crippen LogP contribution in [0.2, 0.25) is 0 Å². The minimum Gasteiger partial charge on any atom is -0.387 e. The van der Waals surface area contributed by atoms with Crippen molar-refractivity contribution in [3.05, 3.63) is 0 Å². The van der Waals surface area contributed by atoms with Gasteiger partial charge in [-0.2, -0.15) is 0 Å². The predicted octanol–water partition coefficient (Wildman–Crippen LogP) is 0.941. The first-order chi connectivity index (χ1) is 5.27. The average Bonchev–Trinajstić information content (AvgIpc) is 2.38. The Labute approximate surface area is 67.6 Å². The second-order valence-corrected chi connectivity index (χ2v) is 2.95. The van der Waals surface area contributed by atoms with Gasteiger partial charge in [0.1, 0.15) is 0 Å². The predicted molar refractivity (Wildman–Crippen MR) is 43.1 cm³/mol. The number of hydrogen-bond acceptors (Lipinski definition) is 2. The van der Waals surface area contributed by atoms with Crippen LogP contribution in [0.3, 0.4) is 0 Å². The smallest absolute Gasteiger partial charge is 0.0911 e. The molecule has 1 heterocycles. The Morgan fingerprint density at radius 2 is 2.45 bits per heavy atom. The van der Waals surface area contributed by atoms with E-state index in [1.165, 1.54) is 0 Å². The van der Waals surface area contributed by atoms with E-state index < -0.39 is 5.60 Å². The summed E-state index contributed by atoms with van der Waals surface area (Å²) >= 11 is 0. The molecule has 1 rings (SSSR count). The van der Waals surface area contributed by atoms with Crippen molar-refractivity contribution in [2.24, 2.45) is 0 Å². The molecule has 1 atom stereocenters. The number of hydrogen-bond donors (Lipinski definition) is 1. The summed E-state index contributed by atoms with van der Waals surface area (Å²) in [6, 6.07) is 0. The van der Waals surface area contributed by atoms with Gasteiger partial charge in [0.2, 0.25) is 0 Å². The topological polar surface area (TPSA) is 29.5 Å².